The second-order valence-electron chi connectivity index (χ2n) is 10.0. The van der Waals surface area contributed by atoms with Crippen LogP contribution in [0.1, 0.15) is 30.1 Å². The van der Waals surface area contributed by atoms with Crippen LogP contribution in [0.5, 0.6) is 0 Å². The SMILES string of the molecule is CC1CCN(c2ccc(NS(=O)(=O)c3cccc4cccnc34)cc2C(=O)NCCN2CCOCC2)CC1. The lowest BCUT2D eigenvalue weighted by Gasteiger charge is -2.33. The molecule has 5 rings (SSSR count). The molecule has 3 aromatic rings. The fourth-order valence-electron chi connectivity index (χ4n) is 5.06. The summed E-state index contributed by atoms with van der Waals surface area (Å²) < 4.78 is 34.9. The summed E-state index contributed by atoms with van der Waals surface area (Å²) in [5, 5.41) is 3.79. The fraction of sp³-hybridized carbons (Fsp3) is 0.429. The molecular weight excluding hydrogens is 502 g/mol. The number of sulfonamides is 1. The van der Waals surface area contributed by atoms with Crippen molar-refractivity contribution in [3.63, 3.8) is 0 Å². The van der Waals surface area contributed by atoms with Crippen molar-refractivity contribution in [2.75, 3.05) is 62.1 Å². The Kier molecular flexibility index (Phi) is 8.11. The van der Waals surface area contributed by atoms with E-state index in [9.17, 15) is 13.2 Å². The van der Waals surface area contributed by atoms with Crippen LogP contribution in [-0.2, 0) is 14.8 Å². The van der Waals surface area contributed by atoms with Gasteiger partial charge in [-0.25, -0.2) is 8.42 Å². The zero-order valence-corrected chi connectivity index (χ0v) is 22.5. The number of benzene rings is 2. The maximum absolute atomic E-state index is 13.4. The predicted molar refractivity (Wildman–Crippen MR) is 149 cm³/mol. The Labute approximate surface area is 224 Å². The second kappa shape index (κ2) is 11.7. The van der Waals surface area contributed by atoms with Gasteiger partial charge >= 0.3 is 0 Å². The first-order valence-electron chi connectivity index (χ1n) is 13.2. The topological polar surface area (TPSA) is 104 Å². The second-order valence-corrected chi connectivity index (χ2v) is 11.7. The maximum Gasteiger partial charge on any atom is 0.264 e. The van der Waals surface area contributed by atoms with Crippen LogP contribution in [0.4, 0.5) is 11.4 Å². The quantitative estimate of drug-likeness (QED) is 0.454. The number of piperidine rings is 1. The van der Waals surface area contributed by atoms with Gasteiger partial charge in [0.15, 0.2) is 0 Å². The molecule has 1 aromatic heterocycles. The van der Waals surface area contributed by atoms with Crippen molar-refractivity contribution in [1.29, 1.82) is 0 Å². The van der Waals surface area contributed by atoms with Gasteiger partial charge in [0.05, 0.1) is 24.3 Å². The van der Waals surface area contributed by atoms with Gasteiger partial charge in [-0.2, -0.15) is 0 Å². The average Bonchev–Trinajstić information content (AvgIpc) is 2.93. The molecule has 2 saturated heterocycles. The van der Waals surface area contributed by atoms with Crippen LogP contribution in [0, 0.1) is 5.92 Å². The van der Waals surface area contributed by atoms with E-state index in [0.29, 0.717) is 42.4 Å². The summed E-state index contributed by atoms with van der Waals surface area (Å²) in [6.07, 6.45) is 3.69. The molecule has 0 unspecified atom stereocenters. The Bertz CT molecular complexity index is 1380. The highest BCUT2D eigenvalue weighted by molar-refractivity contribution is 7.93. The number of anilines is 2. The van der Waals surface area contributed by atoms with E-state index in [1.165, 1.54) is 0 Å². The molecule has 2 N–H and O–H groups in total. The molecule has 9 nitrogen and oxygen atoms in total. The van der Waals surface area contributed by atoms with Gasteiger partial charge in [0, 0.05) is 62.2 Å². The zero-order chi connectivity index (χ0) is 26.5. The number of rotatable bonds is 8. The summed E-state index contributed by atoms with van der Waals surface area (Å²) >= 11 is 0. The summed E-state index contributed by atoms with van der Waals surface area (Å²) in [4.78, 5) is 22.3. The van der Waals surface area contributed by atoms with Crippen molar-refractivity contribution in [3.05, 3.63) is 60.3 Å². The minimum atomic E-state index is -3.94. The molecule has 0 bridgehead atoms. The molecule has 0 saturated carbocycles. The lowest BCUT2D eigenvalue weighted by molar-refractivity contribution is 0.0383. The van der Waals surface area contributed by atoms with Crippen LogP contribution < -0.4 is 14.9 Å². The normalized spacial score (nSPS) is 17.4. The van der Waals surface area contributed by atoms with Gasteiger partial charge in [-0.15, -0.1) is 0 Å². The Morgan fingerprint density at radius 2 is 1.82 bits per heavy atom. The third-order valence-electron chi connectivity index (χ3n) is 7.32. The third kappa shape index (κ3) is 6.09. The fourth-order valence-corrected chi connectivity index (χ4v) is 6.29. The molecule has 38 heavy (non-hydrogen) atoms. The maximum atomic E-state index is 13.4. The molecule has 2 aliphatic heterocycles. The Morgan fingerprint density at radius 1 is 1.05 bits per heavy atom. The van der Waals surface area contributed by atoms with Gasteiger partial charge in [0.2, 0.25) is 0 Å². The van der Waals surface area contributed by atoms with Crippen molar-refractivity contribution < 1.29 is 17.9 Å². The van der Waals surface area contributed by atoms with Crippen LogP contribution in [-0.4, -0.2) is 76.7 Å². The number of amides is 1. The van der Waals surface area contributed by atoms with Gasteiger partial charge in [-0.05, 0) is 49.1 Å². The molecule has 202 valence electrons. The average molecular weight is 538 g/mol. The van der Waals surface area contributed by atoms with Crippen molar-refractivity contribution in [2.45, 2.75) is 24.7 Å². The van der Waals surface area contributed by atoms with E-state index in [1.54, 1.807) is 36.5 Å². The number of morpholine rings is 1. The number of hydrogen-bond acceptors (Lipinski definition) is 7. The first-order chi connectivity index (χ1) is 18.4. The summed E-state index contributed by atoms with van der Waals surface area (Å²) in [7, 11) is -3.94. The van der Waals surface area contributed by atoms with Crippen LogP contribution >= 0.6 is 0 Å². The summed E-state index contributed by atoms with van der Waals surface area (Å²) in [6.45, 7) is 8.35. The van der Waals surface area contributed by atoms with Crippen molar-refractivity contribution in [2.24, 2.45) is 5.92 Å². The largest absolute Gasteiger partial charge is 0.379 e. The molecule has 1 amide bonds. The lowest BCUT2D eigenvalue weighted by Crippen LogP contribution is -2.41. The van der Waals surface area contributed by atoms with Crippen LogP contribution in [0.15, 0.2) is 59.6 Å². The number of nitrogens with one attached hydrogen (secondary N) is 2. The van der Waals surface area contributed by atoms with E-state index in [4.69, 9.17) is 4.74 Å². The standard InChI is InChI=1S/C28H35N5O4S/c1-21-9-13-33(14-10-21)25-8-7-23(20-24(25)28(34)30-12-15-32-16-18-37-19-17-32)31-38(35,36)26-6-2-4-22-5-3-11-29-27(22)26/h2-8,11,20-21,31H,9-10,12-19H2,1H3,(H,30,34). The van der Waals surface area contributed by atoms with Gasteiger partial charge in [0.25, 0.3) is 15.9 Å². The number of carbonyl (C=O) groups is 1. The molecular formula is C28H35N5O4S. The number of nitrogens with zero attached hydrogens (tertiary/aromatic N) is 3. The lowest BCUT2D eigenvalue weighted by atomic mass is 9.98. The summed E-state index contributed by atoms with van der Waals surface area (Å²) in [6, 6.07) is 13.9. The molecule has 0 aliphatic carbocycles. The van der Waals surface area contributed by atoms with Gasteiger partial charge in [-0.3, -0.25) is 19.4 Å². The zero-order valence-electron chi connectivity index (χ0n) is 21.7. The minimum Gasteiger partial charge on any atom is -0.379 e. The highest BCUT2D eigenvalue weighted by Gasteiger charge is 2.24. The van der Waals surface area contributed by atoms with E-state index >= 15 is 0 Å². The minimum absolute atomic E-state index is 0.0983. The Morgan fingerprint density at radius 3 is 2.61 bits per heavy atom. The Hall–Kier alpha value is -3.21. The number of aromatic nitrogens is 1. The number of ether oxygens (including phenoxy) is 1. The molecule has 2 aliphatic rings. The number of pyridine rings is 1. The first-order valence-corrected chi connectivity index (χ1v) is 14.7. The first kappa shape index (κ1) is 26.4. The van der Waals surface area contributed by atoms with Crippen molar-refractivity contribution >= 4 is 38.2 Å². The molecule has 2 aromatic carbocycles. The van der Waals surface area contributed by atoms with Gasteiger partial charge in [0.1, 0.15) is 4.90 Å². The van der Waals surface area contributed by atoms with Crippen molar-refractivity contribution in [1.82, 2.24) is 15.2 Å². The number of carbonyl (C=O) groups excluding carboxylic acids is 1. The predicted octanol–water partition coefficient (Wildman–Crippen LogP) is 3.33. The smallest absolute Gasteiger partial charge is 0.264 e. The molecule has 3 heterocycles. The van der Waals surface area contributed by atoms with E-state index in [-0.39, 0.29) is 10.8 Å². The van der Waals surface area contributed by atoms with Crippen LogP contribution in [0.3, 0.4) is 0 Å². The van der Waals surface area contributed by atoms with E-state index in [0.717, 1.165) is 56.6 Å². The number of hydrogen-bond donors (Lipinski definition) is 2. The van der Waals surface area contributed by atoms with Gasteiger partial charge < -0.3 is 15.0 Å². The molecule has 0 atom stereocenters. The van der Waals surface area contributed by atoms with E-state index < -0.39 is 10.0 Å². The number of para-hydroxylation sites is 1. The van der Waals surface area contributed by atoms with E-state index in [2.05, 4.69) is 31.7 Å². The highest BCUT2D eigenvalue weighted by atomic mass is 32.2. The molecule has 0 spiro atoms. The third-order valence-corrected chi connectivity index (χ3v) is 8.73. The van der Waals surface area contributed by atoms with Gasteiger partial charge in [-0.1, -0.05) is 25.1 Å². The number of fused-ring (bicyclic) bond motifs is 1. The monoisotopic (exact) mass is 537 g/mol. The molecule has 0 radical (unpaired) electrons. The summed E-state index contributed by atoms with van der Waals surface area (Å²) in [5.74, 6) is 0.442. The molecule has 2 fully saturated rings. The highest BCUT2D eigenvalue weighted by Crippen LogP contribution is 2.30. The summed E-state index contributed by atoms with van der Waals surface area (Å²) in [5.41, 5.74) is 2.04. The van der Waals surface area contributed by atoms with Crippen molar-refractivity contribution in [3.8, 4) is 0 Å². The van der Waals surface area contributed by atoms with Crippen LogP contribution in [0.25, 0.3) is 10.9 Å². The van der Waals surface area contributed by atoms with Crippen LogP contribution in [0.2, 0.25) is 0 Å². The van der Waals surface area contributed by atoms with E-state index in [1.807, 2.05) is 18.2 Å². The Balaban J connectivity index is 1.39. The molecule has 10 heteroatoms.